The summed E-state index contributed by atoms with van der Waals surface area (Å²) in [5.41, 5.74) is 2.59. The predicted molar refractivity (Wildman–Crippen MR) is 117 cm³/mol. The first-order valence-electron chi connectivity index (χ1n) is 11.8. The van der Waals surface area contributed by atoms with Crippen molar-refractivity contribution in [3.8, 4) is 0 Å². The van der Waals surface area contributed by atoms with Crippen molar-refractivity contribution >= 4 is 5.91 Å². The molecule has 0 spiro atoms. The summed E-state index contributed by atoms with van der Waals surface area (Å²) in [6, 6.07) is 9.21. The molecule has 1 heterocycles. The Labute approximate surface area is 176 Å². The number of amides is 1. The SMILES string of the molecule is Cc1ccc(C(CNC(=O)C23CC4CC(CC(C4)C2)C3)N2CCN(C)CC2)cc1. The number of carbonyl (C=O) groups excluding carboxylic acids is 1. The molecule has 0 radical (unpaired) electrons. The van der Waals surface area contributed by atoms with Crippen LogP contribution >= 0.6 is 0 Å². The second kappa shape index (κ2) is 7.70. The molecule has 5 fully saturated rings. The fourth-order valence-corrected chi connectivity index (χ4v) is 7.15. The van der Waals surface area contributed by atoms with Crippen LogP contribution in [0.25, 0.3) is 0 Å². The molecule has 6 rings (SSSR count). The number of hydrogen-bond donors (Lipinski definition) is 1. The topological polar surface area (TPSA) is 35.6 Å². The van der Waals surface area contributed by atoms with Gasteiger partial charge in [-0.05, 0) is 75.8 Å². The number of likely N-dealkylation sites (N-methyl/N-ethyl adjacent to an activating group) is 1. The molecule has 4 aliphatic carbocycles. The van der Waals surface area contributed by atoms with Crippen LogP contribution in [0, 0.1) is 30.1 Å². The van der Waals surface area contributed by atoms with Gasteiger partial charge in [-0.15, -0.1) is 0 Å². The highest BCUT2D eigenvalue weighted by Gasteiger charge is 2.54. The van der Waals surface area contributed by atoms with Gasteiger partial charge in [0.1, 0.15) is 0 Å². The summed E-state index contributed by atoms with van der Waals surface area (Å²) in [7, 11) is 2.20. The minimum atomic E-state index is -0.0469. The lowest BCUT2D eigenvalue weighted by molar-refractivity contribution is -0.146. The van der Waals surface area contributed by atoms with Crippen LogP contribution in [-0.2, 0) is 4.79 Å². The van der Waals surface area contributed by atoms with Crippen molar-refractivity contribution in [2.75, 3.05) is 39.8 Å². The molecule has 1 N–H and O–H groups in total. The van der Waals surface area contributed by atoms with Crippen molar-refractivity contribution in [3.63, 3.8) is 0 Å². The summed E-state index contributed by atoms with van der Waals surface area (Å²) in [6.07, 6.45) is 7.61. The summed E-state index contributed by atoms with van der Waals surface area (Å²) >= 11 is 0. The minimum absolute atomic E-state index is 0.0469. The summed E-state index contributed by atoms with van der Waals surface area (Å²) in [6.45, 7) is 7.23. The predicted octanol–water partition coefficient (Wildman–Crippen LogP) is 3.62. The van der Waals surface area contributed by atoms with E-state index in [0.29, 0.717) is 5.91 Å². The zero-order chi connectivity index (χ0) is 20.0. The lowest BCUT2D eigenvalue weighted by Gasteiger charge is -2.55. The maximum Gasteiger partial charge on any atom is 0.226 e. The molecule has 5 aliphatic rings. The van der Waals surface area contributed by atoms with Gasteiger partial charge in [0.15, 0.2) is 0 Å². The van der Waals surface area contributed by atoms with Gasteiger partial charge in [0.25, 0.3) is 0 Å². The molecule has 158 valence electrons. The van der Waals surface area contributed by atoms with Gasteiger partial charge >= 0.3 is 0 Å². The van der Waals surface area contributed by atoms with Gasteiger partial charge in [-0.3, -0.25) is 9.69 Å². The highest BCUT2D eigenvalue weighted by Crippen LogP contribution is 2.60. The molecule has 1 aliphatic heterocycles. The number of benzene rings is 1. The number of piperazine rings is 1. The zero-order valence-electron chi connectivity index (χ0n) is 18.2. The first-order chi connectivity index (χ1) is 14.0. The van der Waals surface area contributed by atoms with Crippen LogP contribution < -0.4 is 5.32 Å². The maximum absolute atomic E-state index is 13.5. The third-order valence-corrected chi connectivity index (χ3v) is 8.42. The van der Waals surface area contributed by atoms with Crippen molar-refractivity contribution in [2.24, 2.45) is 23.2 Å². The second-order valence-corrected chi connectivity index (χ2v) is 10.7. The molecule has 29 heavy (non-hydrogen) atoms. The highest BCUT2D eigenvalue weighted by molar-refractivity contribution is 5.83. The molecular weight excluding hydrogens is 358 g/mol. The fourth-order valence-electron chi connectivity index (χ4n) is 7.15. The Bertz CT molecular complexity index is 700. The summed E-state index contributed by atoms with van der Waals surface area (Å²) in [5.74, 6) is 2.82. The Morgan fingerprint density at radius 3 is 2.10 bits per heavy atom. The van der Waals surface area contributed by atoms with Gasteiger partial charge in [-0.1, -0.05) is 29.8 Å². The molecule has 0 aromatic heterocycles. The third kappa shape index (κ3) is 3.86. The molecule has 4 bridgehead atoms. The first kappa shape index (κ1) is 19.6. The third-order valence-electron chi connectivity index (χ3n) is 8.42. The monoisotopic (exact) mass is 395 g/mol. The van der Waals surface area contributed by atoms with Crippen LogP contribution in [0.3, 0.4) is 0 Å². The molecule has 1 atom stereocenters. The zero-order valence-corrected chi connectivity index (χ0v) is 18.2. The van der Waals surface area contributed by atoms with Crippen LogP contribution in [0.1, 0.15) is 55.7 Å². The van der Waals surface area contributed by atoms with Crippen molar-refractivity contribution < 1.29 is 4.79 Å². The van der Waals surface area contributed by atoms with E-state index < -0.39 is 0 Å². The average Bonchev–Trinajstić information content (AvgIpc) is 2.69. The molecule has 1 amide bonds. The summed E-state index contributed by atoms with van der Waals surface area (Å²) in [5, 5.41) is 3.47. The smallest absolute Gasteiger partial charge is 0.226 e. The lowest BCUT2D eigenvalue weighted by Crippen LogP contribution is -2.55. The molecule has 4 nitrogen and oxygen atoms in total. The molecule has 1 saturated heterocycles. The van der Waals surface area contributed by atoms with Crippen LogP contribution in [0.2, 0.25) is 0 Å². The van der Waals surface area contributed by atoms with Crippen molar-refractivity contribution in [2.45, 2.75) is 51.5 Å². The van der Waals surface area contributed by atoms with E-state index in [-0.39, 0.29) is 11.5 Å². The molecule has 1 aromatic carbocycles. The van der Waals surface area contributed by atoms with Gasteiger partial charge in [0.2, 0.25) is 5.91 Å². The maximum atomic E-state index is 13.5. The Morgan fingerprint density at radius 1 is 1.00 bits per heavy atom. The lowest BCUT2D eigenvalue weighted by atomic mass is 9.49. The van der Waals surface area contributed by atoms with Gasteiger partial charge in [-0.2, -0.15) is 0 Å². The normalized spacial score (nSPS) is 35.6. The summed E-state index contributed by atoms with van der Waals surface area (Å²) in [4.78, 5) is 18.5. The number of hydrogen-bond acceptors (Lipinski definition) is 3. The van der Waals surface area contributed by atoms with Crippen LogP contribution in [0.15, 0.2) is 24.3 Å². The van der Waals surface area contributed by atoms with E-state index in [4.69, 9.17) is 0 Å². The van der Waals surface area contributed by atoms with Crippen LogP contribution in [-0.4, -0.2) is 55.5 Å². The van der Waals surface area contributed by atoms with Crippen LogP contribution in [0.5, 0.6) is 0 Å². The van der Waals surface area contributed by atoms with Gasteiger partial charge < -0.3 is 10.2 Å². The van der Waals surface area contributed by atoms with E-state index in [9.17, 15) is 4.79 Å². The van der Waals surface area contributed by atoms with Crippen molar-refractivity contribution in [1.82, 2.24) is 15.1 Å². The molecule has 1 aromatic rings. The van der Waals surface area contributed by atoms with E-state index in [0.717, 1.165) is 69.7 Å². The standard InChI is InChI=1S/C25H37N3O/c1-18-3-5-22(6-4-18)23(28-9-7-27(2)8-10-28)17-26-24(29)25-14-19-11-20(15-25)13-21(12-19)16-25/h3-6,19-21,23H,7-17H2,1-2H3,(H,26,29). The van der Waals surface area contributed by atoms with Gasteiger partial charge in [0, 0.05) is 38.1 Å². The largest absolute Gasteiger partial charge is 0.354 e. The number of carbonyl (C=O) groups is 1. The first-order valence-corrected chi connectivity index (χ1v) is 11.8. The Hall–Kier alpha value is -1.39. The number of rotatable bonds is 5. The average molecular weight is 396 g/mol. The number of aryl methyl sites for hydroxylation is 1. The number of nitrogens with zero attached hydrogens (tertiary/aromatic N) is 2. The highest BCUT2D eigenvalue weighted by atomic mass is 16.2. The molecule has 4 heteroatoms. The van der Waals surface area contributed by atoms with E-state index in [2.05, 4.69) is 53.4 Å². The Kier molecular flexibility index (Phi) is 5.19. The van der Waals surface area contributed by atoms with Gasteiger partial charge in [0.05, 0.1) is 6.04 Å². The Balaban J connectivity index is 1.30. The fraction of sp³-hybridized carbons (Fsp3) is 0.720. The number of nitrogens with one attached hydrogen (secondary N) is 1. The van der Waals surface area contributed by atoms with E-state index >= 15 is 0 Å². The molecular formula is C25H37N3O. The minimum Gasteiger partial charge on any atom is -0.354 e. The van der Waals surface area contributed by atoms with Gasteiger partial charge in [-0.25, -0.2) is 0 Å². The van der Waals surface area contributed by atoms with E-state index in [1.807, 2.05) is 0 Å². The van der Waals surface area contributed by atoms with Crippen LogP contribution in [0.4, 0.5) is 0 Å². The molecule has 4 saturated carbocycles. The molecule has 1 unspecified atom stereocenters. The van der Waals surface area contributed by atoms with E-state index in [1.165, 1.54) is 30.4 Å². The van der Waals surface area contributed by atoms with Crippen molar-refractivity contribution in [1.29, 1.82) is 0 Å². The summed E-state index contributed by atoms with van der Waals surface area (Å²) < 4.78 is 0. The van der Waals surface area contributed by atoms with Crippen molar-refractivity contribution in [3.05, 3.63) is 35.4 Å². The Morgan fingerprint density at radius 2 is 1.55 bits per heavy atom. The van der Waals surface area contributed by atoms with E-state index in [1.54, 1.807) is 0 Å². The second-order valence-electron chi connectivity index (χ2n) is 10.7. The quantitative estimate of drug-likeness (QED) is 0.827.